The average Bonchev–Trinajstić information content (AvgIpc) is 2.52. The van der Waals surface area contributed by atoms with Crippen molar-refractivity contribution in [2.75, 3.05) is 24.2 Å². The standard InChI is InChI=1S/C18H28N2O3S/c1-5-10-24(22,23)20-9-7-6-8-17(20)18(21)19(4)16-12-14(2)11-15(3)13-16/h11-13,17H,5-10H2,1-4H3. The molecule has 0 N–H and O–H groups in total. The molecule has 1 aromatic rings. The zero-order chi connectivity index (χ0) is 17.9. The first kappa shape index (κ1) is 18.9. The van der Waals surface area contributed by atoms with Crippen molar-refractivity contribution in [2.45, 2.75) is 52.5 Å². The molecule has 1 amide bonds. The molecular weight excluding hydrogens is 324 g/mol. The van der Waals surface area contributed by atoms with Crippen LogP contribution in [0.3, 0.4) is 0 Å². The van der Waals surface area contributed by atoms with Crippen LogP contribution < -0.4 is 4.90 Å². The predicted octanol–water partition coefficient (Wildman–Crippen LogP) is 2.86. The van der Waals surface area contributed by atoms with Gasteiger partial charge >= 0.3 is 0 Å². The van der Waals surface area contributed by atoms with Crippen LogP contribution in [0, 0.1) is 13.8 Å². The van der Waals surface area contributed by atoms with Crippen molar-refractivity contribution in [1.82, 2.24) is 4.31 Å². The number of carbonyl (C=O) groups excluding carboxylic acids is 1. The zero-order valence-corrected chi connectivity index (χ0v) is 15.9. The molecule has 134 valence electrons. The highest BCUT2D eigenvalue weighted by Gasteiger charge is 2.37. The summed E-state index contributed by atoms with van der Waals surface area (Å²) in [6, 6.07) is 5.39. The summed E-state index contributed by atoms with van der Waals surface area (Å²) in [4.78, 5) is 14.6. The Kier molecular flexibility index (Phi) is 6.04. The fourth-order valence-corrected chi connectivity index (χ4v) is 5.10. The molecular formula is C18H28N2O3S. The SMILES string of the molecule is CCCS(=O)(=O)N1CCCCC1C(=O)N(C)c1cc(C)cc(C)c1. The van der Waals surface area contributed by atoms with E-state index < -0.39 is 16.1 Å². The highest BCUT2D eigenvalue weighted by molar-refractivity contribution is 7.89. The fourth-order valence-electron chi connectivity index (χ4n) is 3.36. The van der Waals surface area contributed by atoms with Crippen LogP contribution >= 0.6 is 0 Å². The van der Waals surface area contributed by atoms with Crippen LogP contribution in [0.5, 0.6) is 0 Å². The molecule has 0 radical (unpaired) electrons. The molecule has 5 nitrogen and oxygen atoms in total. The van der Waals surface area contributed by atoms with Crippen molar-refractivity contribution >= 4 is 21.6 Å². The third-order valence-electron chi connectivity index (χ3n) is 4.48. The van der Waals surface area contributed by atoms with E-state index in [9.17, 15) is 13.2 Å². The van der Waals surface area contributed by atoms with Crippen LogP contribution in [0.2, 0.25) is 0 Å². The number of hydrogen-bond acceptors (Lipinski definition) is 3. The maximum atomic E-state index is 13.0. The molecule has 0 bridgehead atoms. The molecule has 1 heterocycles. The van der Waals surface area contributed by atoms with Gasteiger partial charge in [-0.3, -0.25) is 4.79 Å². The molecule has 1 atom stereocenters. The van der Waals surface area contributed by atoms with Crippen LogP contribution in [0.15, 0.2) is 18.2 Å². The van der Waals surface area contributed by atoms with E-state index in [1.807, 2.05) is 32.9 Å². The molecule has 1 unspecified atom stereocenters. The second-order valence-electron chi connectivity index (χ2n) is 6.68. The summed E-state index contributed by atoms with van der Waals surface area (Å²) in [5.74, 6) is -0.0382. The molecule has 2 rings (SSSR count). The van der Waals surface area contributed by atoms with Crippen LogP contribution in [0.1, 0.15) is 43.7 Å². The summed E-state index contributed by atoms with van der Waals surface area (Å²) < 4.78 is 26.5. The van der Waals surface area contributed by atoms with Gasteiger partial charge in [0, 0.05) is 19.3 Å². The Balaban J connectivity index is 2.28. The normalized spacial score (nSPS) is 19.2. The number of aryl methyl sites for hydroxylation is 2. The van der Waals surface area contributed by atoms with Crippen molar-refractivity contribution in [3.8, 4) is 0 Å². The molecule has 1 aliphatic heterocycles. The molecule has 24 heavy (non-hydrogen) atoms. The molecule has 1 aromatic carbocycles. The Bertz CT molecular complexity index is 680. The van der Waals surface area contributed by atoms with Gasteiger partial charge in [0.15, 0.2) is 0 Å². The number of rotatable bonds is 5. The Labute approximate surface area is 145 Å². The lowest BCUT2D eigenvalue weighted by molar-refractivity contribution is -0.122. The van der Waals surface area contributed by atoms with E-state index in [-0.39, 0.29) is 11.7 Å². The Morgan fingerprint density at radius 3 is 2.42 bits per heavy atom. The van der Waals surface area contributed by atoms with E-state index in [2.05, 4.69) is 6.07 Å². The van der Waals surface area contributed by atoms with Crippen molar-refractivity contribution in [3.05, 3.63) is 29.3 Å². The van der Waals surface area contributed by atoms with Gasteiger partial charge in [-0.1, -0.05) is 19.4 Å². The summed E-state index contributed by atoms with van der Waals surface area (Å²) in [5.41, 5.74) is 2.99. The topological polar surface area (TPSA) is 57.7 Å². The quantitative estimate of drug-likeness (QED) is 0.819. The van der Waals surface area contributed by atoms with Gasteiger partial charge in [-0.15, -0.1) is 0 Å². The number of nitrogens with zero attached hydrogens (tertiary/aromatic N) is 2. The minimum absolute atomic E-state index is 0.101. The van der Waals surface area contributed by atoms with Gasteiger partial charge < -0.3 is 4.90 Å². The molecule has 0 spiro atoms. The number of sulfonamides is 1. The van der Waals surface area contributed by atoms with E-state index in [0.717, 1.165) is 29.7 Å². The van der Waals surface area contributed by atoms with Crippen molar-refractivity contribution in [1.29, 1.82) is 0 Å². The van der Waals surface area contributed by atoms with Gasteiger partial charge in [0.2, 0.25) is 15.9 Å². The summed E-state index contributed by atoms with van der Waals surface area (Å²) in [6.45, 7) is 6.28. The molecule has 1 aliphatic rings. The summed E-state index contributed by atoms with van der Waals surface area (Å²) in [6.07, 6.45) is 2.86. The van der Waals surface area contributed by atoms with Gasteiger partial charge in [0.05, 0.1) is 5.75 Å². The largest absolute Gasteiger partial charge is 0.314 e. The number of hydrogen-bond donors (Lipinski definition) is 0. The lowest BCUT2D eigenvalue weighted by Crippen LogP contribution is -2.52. The third-order valence-corrected chi connectivity index (χ3v) is 6.56. The molecule has 0 saturated carbocycles. The number of piperidine rings is 1. The van der Waals surface area contributed by atoms with Crippen molar-refractivity contribution in [3.63, 3.8) is 0 Å². The van der Waals surface area contributed by atoms with Gasteiger partial charge in [-0.25, -0.2) is 8.42 Å². The third kappa shape index (κ3) is 4.16. The fraction of sp³-hybridized carbons (Fsp3) is 0.611. The van der Waals surface area contributed by atoms with Gasteiger partial charge in [0.1, 0.15) is 6.04 Å². The first-order chi connectivity index (χ1) is 11.3. The van der Waals surface area contributed by atoms with E-state index in [0.29, 0.717) is 19.4 Å². The Morgan fingerprint density at radius 1 is 1.21 bits per heavy atom. The lowest BCUT2D eigenvalue weighted by Gasteiger charge is -2.36. The monoisotopic (exact) mass is 352 g/mol. The number of amides is 1. The van der Waals surface area contributed by atoms with Gasteiger partial charge in [-0.2, -0.15) is 4.31 Å². The number of anilines is 1. The maximum absolute atomic E-state index is 13.0. The predicted molar refractivity (Wildman–Crippen MR) is 97.7 cm³/mol. The second-order valence-corrected chi connectivity index (χ2v) is 8.72. The number of carbonyl (C=O) groups is 1. The van der Waals surface area contributed by atoms with E-state index >= 15 is 0 Å². The minimum Gasteiger partial charge on any atom is -0.314 e. The molecule has 0 aliphatic carbocycles. The van der Waals surface area contributed by atoms with Crippen LogP contribution in [0.25, 0.3) is 0 Å². The highest BCUT2D eigenvalue weighted by Crippen LogP contribution is 2.25. The van der Waals surface area contributed by atoms with E-state index in [1.54, 1.807) is 11.9 Å². The van der Waals surface area contributed by atoms with Gasteiger partial charge in [-0.05, 0) is 56.4 Å². The summed E-state index contributed by atoms with van der Waals surface area (Å²) in [5, 5.41) is 0. The molecule has 6 heteroatoms. The lowest BCUT2D eigenvalue weighted by atomic mass is 10.0. The van der Waals surface area contributed by atoms with E-state index in [1.165, 1.54) is 4.31 Å². The molecule has 0 aromatic heterocycles. The van der Waals surface area contributed by atoms with E-state index in [4.69, 9.17) is 0 Å². The average molecular weight is 353 g/mol. The van der Waals surface area contributed by atoms with Crippen molar-refractivity contribution in [2.24, 2.45) is 0 Å². The smallest absolute Gasteiger partial charge is 0.245 e. The van der Waals surface area contributed by atoms with Crippen LogP contribution in [-0.2, 0) is 14.8 Å². The van der Waals surface area contributed by atoms with Gasteiger partial charge in [0.25, 0.3) is 0 Å². The Morgan fingerprint density at radius 2 is 1.83 bits per heavy atom. The minimum atomic E-state index is -3.37. The summed E-state index contributed by atoms with van der Waals surface area (Å²) in [7, 11) is -1.64. The molecule has 1 saturated heterocycles. The van der Waals surface area contributed by atoms with Crippen LogP contribution in [0.4, 0.5) is 5.69 Å². The number of benzene rings is 1. The number of likely N-dealkylation sites (N-methyl/N-ethyl adjacent to an activating group) is 1. The first-order valence-corrected chi connectivity index (χ1v) is 10.2. The van der Waals surface area contributed by atoms with Crippen LogP contribution in [-0.4, -0.2) is 44.0 Å². The summed E-state index contributed by atoms with van der Waals surface area (Å²) >= 11 is 0. The first-order valence-electron chi connectivity index (χ1n) is 8.61. The van der Waals surface area contributed by atoms with Crippen molar-refractivity contribution < 1.29 is 13.2 Å². The highest BCUT2D eigenvalue weighted by atomic mass is 32.2. The Hall–Kier alpha value is -1.40. The zero-order valence-electron chi connectivity index (χ0n) is 15.1. The maximum Gasteiger partial charge on any atom is 0.245 e. The second kappa shape index (κ2) is 7.66. The molecule has 1 fully saturated rings.